The summed E-state index contributed by atoms with van der Waals surface area (Å²) in [6.45, 7) is 3.53. The Kier molecular flexibility index (Phi) is 2.46. The van der Waals surface area contributed by atoms with E-state index in [1.807, 2.05) is 0 Å². The van der Waals surface area contributed by atoms with Gasteiger partial charge in [-0.05, 0) is 25.1 Å². The van der Waals surface area contributed by atoms with E-state index >= 15 is 0 Å². The van der Waals surface area contributed by atoms with E-state index in [0.29, 0.717) is 5.69 Å². The topological polar surface area (TPSA) is 17.8 Å². The number of nitrogens with zero attached hydrogens (tertiary/aromatic N) is 2. The van der Waals surface area contributed by atoms with E-state index in [1.54, 1.807) is 30.3 Å². The number of alkyl halides is 3. The maximum atomic E-state index is 12.4. The molecule has 0 saturated carbocycles. The molecule has 1 heterocycles. The largest absolute Gasteiger partial charge is 0.435 e. The molecule has 0 atom stereocenters. The van der Waals surface area contributed by atoms with Crippen molar-refractivity contribution in [1.82, 2.24) is 9.78 Å². The molecule has 2 rings (SSSR count). The molecule has 0 N–H and O–H groups in total. The Morgan fingerprint density at radius 3 is 2.25 bits per heavy atom. The fourth-order valence-electron chi connectivity index (χ4n) is 1.35. The minimum Gasteiger partial charge on any atom is -0.237 e. The first-order chi connectivity index (χ1) is 7.48. The van der Waals surface area contributed by atoms with Crippen LogP contribution in [0.5, 0.6) is 0 Å². The van der Waals surface area contributed by atoms with Crippen LogP contribution in [0.4, 0.5) is 13.2 Å². The summed E-state index contributed by atoms with van der Waals surface area (Å²) in [5.41, 5.74) is -0.164. The van der Waals surface area contributed by atoms with Gasteiger partial charge < -0.3 is 0 Å². The molecule has 0 fully saturated rings. The van der Waals surface area contributed by atoms with Crippen LogP contribution < -0.4 is 0 Å². The van der Waals surface area contributed by atoms with Crippen molar-refractivity contribution in [3.05, 3.63) is 54.7 Å². The smallest absolute Gasteiger partial charge is 0.237 e. The molecular weight excluding hydrogens is 217 g/mol. The zero-order valence-electron chi connectivity index (χ0n) is 8.20. The molecule has 0 spiro atoms. The van der Waals surface area contributed by atoms with Crippen LogP contribution in [-0.2, 0) is 6.18 Å². The molecule has 5 heteroatoms. The van der Waals surface area contributed by atoms with Gasteiger partial charge in [-0.2, -0.15) is 18.3 Å². The molecule has 1 radical (unpaired) electrons. The molecule has 2 nitrogen and oxygen atoms in total. The third-order valence-corrected chi connectivity index (χ3v) is 2.07. The van der Waals surface area contributed by atoms with Crippen molar-refractivity contribution in [3.8, 4) is 5.69 Å². The lowest BCUT2D eigenvalue weighted by Gasteiger charge is -2.03. The van der Waals surface area contributed by atoms with Gasteiger partial charge in [-0.15, -0.1) is 0 Å². The molecule has 0 saturated heterocycles. The Bertz CT molecular complexity index is 486. The fourth-order valence-corrected chi connectivity index (χ4v) is 1.35. The third kappa shape index (κ3) is 1.93. The van der Waals surface area contributed by atoms with Crippen LogP contribution >= 0.6 is 0 Å². The van der Waals surface area contributed by atoms with Crippen molar-refractivity contribution in [2.24, 2.45) is 0 Å². The summed E-state index contributed by atoms with van der Waals surface area (Å²) in [7, 11) is 0. The molecule has 0 aliphatic rings. The first-order valence-corrected chi connectivity index (χ1v) is 4.53. The van der Waals surface area contributed by atoms with E-state index in [-0.39, 0.29) is 5.69 Å². The van der Waals surface area contributed by atoms with E-state index in [4.69, 9.17) is 0 Å². The number of halogens is 3. The molecule has 83 valence electrons. The molecule has 0 aliphatic carbocycles. The van der Waals surface area contributed by atoms with Gasteiger partial charge in [0.25, 0.3) is 0 Å². The third-order valence-electron chi connectivity index (χ3n) is 2.07. The molecule has 0 amide bonds. The summed E-state index contributed by atoms with van der Waals surface area (Å²) >= 11 is 0. The van der Waals surface area contributed by atoms with Crippen LogP contribution in [0.3, 0.4) is 0 Å². The number of benzene rings is 1. The van der Waals surface area contributed by atoms with Crippen LogP contribution in [-0.4, -0.2) is 9.78 Å². The second kappa shape index (κ2) is 3.66. The Morgan fingerprint density at radius 2 is 1.75 bits per heavy atom. The molecule has 1 aromatic carbocycles. The second-order valence-electron chi connectivity index (χ2n) is 3.27. The van der Waals surface area contributed by atoms with E-state index in [9.17, 15) is 13.2 Å². The summed E-state index contributed by atoms with van der Waals surface area (Å²) in [6.07, 6.45) is -4.44. The molecule has 16 heavy (non-hydrogen) atoms. The van der Waals surface area contributed by atoms with Crippen molar-refractivity contribution in [1.29, 1.82) is 0 Å². The molecular formula is C11H8F3N2. The Hall–Kier alpha value is -1.78. The van der Waals surface area contributed by atoms with Gasteiger partial charge >= 0.3 is 6.18 Å². The number of para-hydroxylation sites is 1. The summed E-state index contributed by atoms with van der Waals surface area (Å²) in [6, 6.07) is 9.49. The predicted octanol–water partition coefficient (Wildman–Crippen LogP) is 3.07. The van der Waals surface area contributed by atoms with Gasteiger partial charge in [0.2, 0.25) is 0 Å². The monoisotopic (exact) mass is 225 g/mol. The minimum atomic E-state index is -4.44. The highest BCUT2D eigenvalue weighted by atomic mass is 19.4. The lowest BCUT2D eigenvalue weighted by atomic mass is 10.3. The lowest BCUT2D eigenvalue weighted by Crippen LogP contribution is -2.07. The molecule has 2 aromatic rings. The van der Waals surface area contributed by atoms with Gasteiger partial charge in [0, 0.05) is 5.69 Å². The van der Waals surface area contributed by atoms with Crippen LogP contribution in [0.25, 0.3) is 5.69 Å². The van der Waals surface area contributed by atoms with Gasteiger partial charge in [0.1, 0.15) is 0 Å². The number of hydrogen-bond donors (Lipinski definition) is 0. The van der Waals surface area contributed by atoms with Crippen molar-refractivity contribution >= 4 is 0 Å². The average molecular weight is 225 g/mol. The quantitative estimate of drug-likeness (QED) is 0.729. The van der Waals surface area contributed by atoms with Crippen molar-refractivity contribution < 1.29 is 13.2 Å². The van der Waals surface area contributed by atoms with Crippen LogP contribution in [0.1, 0.15) is 11.4 Å². The standard InChI is InChI=1S/C11H8F3N2/c1-8-7-10(11(12,13)14)15-16(8)9-5-3-2-4-6-9/h2-7H,1H2. The fraction of sp³-hybridized carbons (Fsp3) is 0.0909. The normalized spacial score (nSPS) is 11.8. The number of rotatable bonds is 1. The van der Waals surface area contributed by atoms with Crippen molar-refractivity contribution in [3.63, 3.8) is 0 Å². The van der Waals surface area contributed by atoms with Crippen molar-refractivity contribution in [2.75, 3.05) is 0 Å². The molecule has 0 aliphatic heterocycles. The highest BCUT2D eigenvalue weighted by molar-refractivity contribution is 5.34. The average Bonchev–Trinajstić information content (AvgIpc) is 2.61. The number of aromatic nitrogens is 2. The Balaban J connectivity index is 2.48. The Labute approximate surface area is 90.3 Å². The SMILES string of the molecule is [CH2]c1cc(C(F)(F)F)nn1-c1ccccc1. The van der Waals surface area contributed by atoms with E-state index in [0.717, 1.165) is 6.07 Å². The summed E-state index contributed by atoms with van der Waals surface area (Å²) in [5, 5.41) is 3.48. The van der Waals surface area contributed by atoms with Crippen LogP contribution in [0, 0.1) is 6.92 Å². The van der Waals surface area contributed by atoms with Crippen molar-refractivity contribution in [2.45, 2.75) is 6.18 Å². The first kappa shape index (κ1) is 10.7. The maximum Gasteiger partial charge on any atom is 0.435 e. The summed E-state index contributed by atoms with van der Waals surface area (Å²) < 4.78 is 38.3. The van der Waals surface area contributed by atoms with E-state index in [1.165, 1.54) is 4.68 Å². The predicted molar refractivity (Wildman–Crippen MR) is 53.0 cm³/mol. The minimum absolute atomic E-state index is 0.207. The summed E-state index contributed by atoms with van der Waals surface area (Å²) in [5.74, 6) is 0. The zero-order chi connectivity index (χ0) is 11.8. The van der Waals surface area contributed by atoms with E-state index < -0.39 is 11.9 Å². The molecule has 0 bridgehead atoms. The molecule has 0 unspecified atom stereocenters. The number of hydrogen-bond acceptors (Lipinski definition) is 1. The second-order valence-corrected chi connectivity index (χ2v) is 3.27. The summed E-state index contributed by atoms with van der Waals surface area (Å²) in [4.78, 5) is 0. The van der Waals surface area contributed by atoms with Gasteiger partial charge in [-0.3, -0.25) is 0 Å². The van der Waals surface area contributed by atoms with Gasteiger partial charge in [0.15, 0.2) is 5.69 Å². The lowest BCUT2D eigenvalue weighted by molar-refractivity contribution is -0.141. The Morgan fingerprint density at radius 1 is 1.12 bits per heavy atom. The highest BCUT2D eigenvalue weighted by Crippen LogP contribution is 2.29. The molecule has 1 aromatic heterocycles. The van der Waals surface area contributed by atoms with Crippen LogP contribution in [0.2, 0.25) is 0 Å². The van der Waals surface area contributed by atoms with Gasteiger partial charge in [0.05, 0.1) is 5.69 Å². The zero-order valence-corrected chi connectivity index (χ0v) is 8.20. The van der Waals surface area contributed by atoms with Crippen LogP contribution in [0.15, 0.2) is 36.4 Å². The van der Waals surface area contributed by atoms with Gasteiger partial charge in [-0.25, -0.2) is 4.68 Å². The van der Waals surface area contributed by atoms with Gasteiger partial charge in [-0.1, -0.05) is 18.2 Å². The highest BCUT2D eigenvalue weighted by Gasteiger charge is 2.34. The first-order valence-electron chi connectivity index (χ1n) is 4.53. The maximum absolute atomic E-state index is 12.4. The van der Waals surface area contributed by atoms with E-state index in [2.05, 4.69) is 12.0 Å².